The van der Waals surface area contributed by atoms with Gasteiger partial charge in [-0.1, -0.05) is 25.1 Å². The van der Waals surface area contributed by atoms with Crippen LogP contribution in [0.5, 0.6) is 0 Å². The molecule has 18 heavy (non-hydrogen) atoms. The molecule has 0 amide bonds. The summed E-state index contributed by atoms with van der Waals surface area (Å²) in [5.41, 5.74) is 9.87. The Morgan fingerprint density at radius 2 is 2.11 bits per heavy atom. The van der Waals surface area contributed by atoms with E-state index in [1.54, 1.807) is 0 Å². The molecule has 1 saturated heterocycles. The first kappa shape index (κ1) is 13.4. The summed E-state index contributed by atoms with van der Waals surface area (Å²) in [7, 11) is 2.23. The highest BCUT2D eigenvalue weighted by atomic mass is 15.3. The van der Waals surface area contributed by atoms with E-state index in [4.69, 9.17) is 5.73 Å². The second kappa shape index (κ2) is 5.72. The maximum Gasteiger partial charge on any atom is 0.0442 e. The van der Waals surface area contributed by atoms with E-state index in [-0.39, 0.29) is 0 Å². The third kappa shape index (κ3) is 2.52. The van der Waals surface area contributed by atoms with Crippen LogP contribution in [-0.2, 0) is 6.54 Å². The number of piperazine rings is 1. The van der Waals surface area contributed by atoms with Crippen molar-refractivity contribution in [2.24, 2.45) is 5.73 Å². The molecule has 1 aromatic carbocycles. The zero-order valence-electron chi connectivity index (χ0n) is 11.8. The molecule has 0 radical (unpaired) electrons. The molecule has 2 N–H and O–H groups in total. The van der Waals surface area contributed by atoms with Gasteiger partial charge in [0.05, 0.1) is 0 Å². The highest BCUT2D eigenvalue weighted by Gasteiger charge is 2.24. The van der Waals surface area contributed by atoms with Crippen LogP contribution in [0.2, 0.25) is 0 Å². The molecular formula is C15H25N3. The lowest BCUT2D eigenvalue weighted by atomic mass is 10.0. The molecule has 1 aromatic rings. The minimum Gasteiger partial charge on any atom is -0.368 e. The smallest absolute Gasteiger partial charge is 0.0442 e. The Balaban J connectivity index is 2.26. The van der Waals surface area contributed by atoms with Gasteiger partial charge < -0.3 is 10.6 Å². The average Bonchev–Trinajstić information content (AvgIpc) is 2.39. The summed E-state index contributed by atoms with van der Waals surface area (Å²) in [5, 5.41) is 0. The van der Waals surface area contributed by atoms with Gasteiger partial charge in [0.15, 0.2) is 0 Å². The minimum atomic E-state index is 0.625. The number of rotatable bonds is 3. The summed E-state index contributed by atoms with van der Waals surface area (Å²) in [6.45, 7) is 8.44. The van der Waals surface area contributed by atoms with Crippen molar-refractivity contribution < 1.29 is 0 Å². The average molecular weight is 247 g/mol. The molecule has 0 aliphatic carbocycles. The number of aryl methyl sites for hydroxylation is 1. The number of likely N-dealkylation sites (N-methyl/N-ethyl adjacent to an activating group) is 1. The fourth-order valence-electron chi connectivity index (χ4n) is 2.93. The number of nitrogens with two attached hydrogens (primary N) is 1. The predicted octanol–water partition coefficient (Wildman–Crippen LogP) is 1.98. The summed E-state index contributed by atoms with van der Waals surface area (Å²) in [6.07, 6.45) is 1.21. The van der Waals surface area contributed by atoms with Crippen LogP contribution < -0.4 is 10.6 Å². The normalized spacial score (nSPS) is 21.3. The highest BCUT2D eigenvalue weighted by Crippen LogP contribution is 2.27. The van der Waals surface area contributed by atoms with Crippen LogP contribution in [0.4, 0.5) is 5.69 Å². The molecule has 1 atom stereocenters. The van der Waals surface area contributed by atoms with Gasteiger partial charge in [0.2, 0.25) is 0 Å². The zero-order chi connectivity index (χ0) is 13.1. The molecule has 100 valence electrons. The molecule has 3 nitrogen and oxygen atoms in total. The molecule has 1 unspecified atom stereocenters. The van der Waals surface area contributed by atoms with Crippen molar-refractivity contribution in [2.75, 3.05) is 31.6 Å². The lowest BCUT2D eigenvalue weighted by Crippen LogP contribution is -2.51. The Hall–Kier alpha value is -1.06. The molecule has 2 rings (SSSR count). The molecule has 1 heterocycles. The Kier molecular flexibility index (Phi) is 4.25. The van der Waals surface area contributed by atoms with Crippen molar-refractivity contribution in [1.82, 2.24) is 4.90 Å². The van der Waals surface area contributed by atoms with Gasteiger partial charge >= 0.3 is 0 Å². The molecule has 1 aliphatic heterocycles. The molecule has 1 fully saturated rings. The van der Waals surface area contributed by atoms with Crippen LogP contribution in [0, 0.1) is 6.92 Å². The fraction of sp³-hybridized carbons (Fsp3) is 0.600. The zero-order valence-corrected chi connectivity index (χ0v) is 11.8. The topological polar surface area (TPSA) is 32.5 Å². The van der Waals surface area contributed by atoms with Gasteiger partial charge in [-0.3, -0.25) is 4.90 Å². The summed E-state index contributed by atoms with van der Waals surface area (Å²) < 4.78 is 0. The van der Waals surface area contributed by atoms with Gasteiger partial charge in [-0.15, -0.1) is 0 Å². The van der Waals surface area contributed by atoms with Crippen molar-refractivity contribution >= 4 is 5.69 Å². The Bertz CT molecular complexity index is 403. The molecule has 0 bridgehead atoms. The third-order valence-corrected chi connectivity index (χ3v) is 4.11. The van der Waals surface area contributed by atoms with Crippen molar-refractivity contribution in [3.05, 3.63) is 29.3 Å². The maximum atomic E-state index is 5.88. The Labute approximate surface area is 111 Å². The lowest BCUT2D eigenvalue weighted by Gasteiger charge is -2.41. The van der Waals surface area contributed by atoms with E-state index in [2.05, 4.69) is 48.9 Å². The molecule has 1 aliphatic rings. The van der Waals surface area contributed by atoms with Crippen LogP contribution in [-0.4, -0.2) is 37.6 Å². The third-order valence-electron chi connectivity index (χ3n) is 4.11. The van der Waals surface area contributed by atoms with E-state index in [9.17, 15) is 0 Å². The maximum absolute atomic E-state index is 5.88. The van der Waals surface area contributed by atoms with E-state index >= 15 is 0 Å². The van der Waals surface area contributed by atoms with Crippen molar-refractivity contribution in [3.8, 4) is 0 Å². The van der Waals surface area contributed by atoms with Crippen LogP contribution in [0.25, 0.3) is 0 Å². The number of anilines is 1. The monoisotopic (exact) mass is 247 g/mol. The minimum absolute atomic E-state index is 0.625. The SMILES string of the molecule is CCC1CN(c2c(C)cccc2CN)CCN1C. The first-order valence-corrected chi connectivity index (χ1v) is 6.91. The van der Waals surface area contributed by atoms with Crippen molar-refractivity contribution in [1.29, 1.82) is 0 Å². The second-order valence-electron chi connectivity index (χ2n) is 5.28. The molecule has 0 spiro atoms. The quantitative estimate of drug-likeness (QED) is 0.886. The van der Waals surface area contributed by atoms with Crippen LogP contribution in [0.1, 0.15) is 24.5 Å². The Morgan fingerprint density at radius 3 is 2.78 bits per heavy atom. The number of hydrogen-bond acceptors (Lipinski definition) is 3. The number of nitrogens with zero attached hydrogens (tertiary/aromatic N) is 2. The largest absolute Gasteiger partial charge is 0.368 e. The first-order chi connectivity index (χ1) is 8.67. The van der Waals surface area contributed by atoms with Gasteiger partial charge in [0, 0.05) is 37.9 Å². The van der Waals surface area contributed by atoms with E-state index in [0.717, 1.165) is 19.6 Å². The van der Waals surface area contributed by atoms with Crippen molar-refractivity contribution in [3.63, 3.8) is 0 Å². The first-order valence-electron chi connectivity index (χ1n) is 6.91. The fourth-order valence-corrected chi connectivity index (χ4v) is 2.93. The number of para-hydroxylation sites is 1. The van der Waals surface area contributed by atoms with Gasteiger partial charge in [0.25, 0.3) is 0 Å². The highest BCUT2D eigenvalue weighted by molar-refractivity contribution is 5.59. The summed E-state index contributed by atoms with van der Waals surface area (Å²) >= 11 is 0. The van der Waals surface area contributed by atoms with Crippen LogP contribution >= 0.6 is 0 Å². The van der Waals surface area contributed by atoms with E-state index in [1.807, 2.05) is 0 Å². The summed E-state index contributed by atoms with van der Waals surface area (Å²) in [6, 6.07) is 7.10. The van der Waals surface area contributed by atoms with E-state index < -0.39 is 0 Å². The van der Waals surface area contributed by atoms with E-state index in [1.165, 1.54) is 23.2 Å². The van der Waals surface area contributed by atoms with E-state index in [0.29, 0.717) is 12.6 Å². The van der Waals surface area contributed by atoms with Crippen molar-refractivity contribution in [2.45, 2.75) is 32.9 Å². The van der Waals surface area contributed by atoms with Gasteiger partial charge in [-0.05, 0) is 31.5 Å². The van der Waals surface area contributed by atoms with Crippen LogP contribution in [0.15, 0.2) is 18.2 Å². The predicted molar refractivity (Wildman–Crippen MR) is 78.0 cm³/mol. The van der Waals surface area contributed by atoms with Gasteiger partial charge in [-0.2, -0.15) is 0 Å². The van der Waals surface area contributed by atoms with Crippen LogP contribution in [0.3, 0.4) is 0 Å². The molecule has 0 saturated carbocycles. The van der Waals surface area contributed by atoms with Gasteiger partial charge in [0.1, 0.15) is 0 Å². The molecule has 0 aromatic heterocycles. The number of benzene rings is 1. The molecular weight excluding hydrogens is 222 g/mol. The lowest BCUT2D eigenvalue weighted by molar-refractivity contribution is 0.213. The molecule has 3 heteroatoms. The standard InChI is InChI=1S/C15H25N3/c1-4-14-11-18(9-8-17(14)3)15-12(2)6-5-7-13(15)10-16/h5-7,14H,4,8-11,16H2,1-3H3. The number of hydrogen-bond donors (Lipinski definition) is 1. The summed E-state index contributed by atoms with van der Waals surface area (Å²) in [5.74, 6) is 0. The Morgan fingerprint density at radius 1 is 1.33 bits per heavy atom. The van der Waals surface area contributed by atoms with Gasteiger partial charge in [-0.25, -0.2) is 0 Å². The second-order valence-corrected chi connectivity index (χ2v) is 5.28. The summed E-state index contributed by atoms with van der Waals surface area (Å²) in [4.78, 5) is 4.99.